The predicted octanol–water partition coefficient (Wildman–Crippen LogP) is 12.5. The van der Waals surface area contributed by atoms with E-state index in [4.69, 9.17) is 15.1 Å². The summed E-state index contributed by atoms with van der Waals surface area (Å²) in [4.78, 5) is 78.8. The van der Waals surface area contributed by atoms with Gasteiger partial charge in [0, 0.05) is 66.5 Å². The highest BCUT2D eigenvalue weighted by Gasteiger charge is 2.43. The van der Waals surface area contributed by atoms with Gasteiger partial charge in [0.25, 0.3) is 5.91 Å². The normalized spacial score (nSPS) is 16.7. The van der Waals surface area contributed by atoms with Crippen LogP contribution in [0.1, 0.15) is 125 Å². The van der Waals surface area contributed by atoms with Crippen LogP contribution in [-0.4, -0.2) is 102 Å². The average Bonchev–Trinajstić information content (AvgIpc) is 2.18. The van der Waals surface area contributed by atoms with E-state index in [1.165, 1.54) is 44.1 Å². The van der Waals surface area contributed by atoms with Crippen molar-refractivity contribution in [2.75, 3.05) is 41.8 Å². The summed E-state index contributed by atoms with van der Waals surface area (Å²) in [5, 5.41) is 24.4. The van der Waals surface area contributed by atoms with E-state index in [1.54, 1.807) is 27.6 Å². The largest absolute Gasteiger partial charge is 0.371 e. The molecule has 3 atom stereocenters. The van der Waals surface area contributed by atoms with Crippen molar-refractivity contribution in [1.82, 2.24) is 55.2 Å². The molecule has 2 saturated heterocycles. The van der Waals surface area contributed by atoms with Crippen molar-refractivity contribution in [2.24, 2.45) is 17.3 Å². The molecule has 8 aromatic rings. The van der Waals surface area contributed by atoms with Crippen LogP contribution in [0, 0.1) is 38.0 Å². The molecule has 3 aromatic carbocycles. The van der Waals surface area contributed by atoms with E-state index in [0.717, 1.165) is 71.0 Å². The summed E-state index contributed by atoms with van der Waals surface area (Å²) in [6.07, 6.45) is 10.5. The van der Waals surface area contributed by atoms with Gasteiger partial charge >= 0.3 is 0 Å². The fourth-order valence-corrected chi connectivity index (χ4v) is 14.2. The summed E-state index contributed by atoms with van der Waals surface area (Å²) in [6, 6.07) is 28.3. The number of para-hydroxylation sites is 1. The maximum absolute atomic E-state index is 14.5. The molecule has 0 spiro atoms. The van der Waals surface area contributed by atoms with Crippen LogP contribution in [0.2, 0.25) is 0 Å². The van der Waals surface area contributed by atoms with Crippen molar-refractivity contribution < 1.29 is 19.2 Å². The number of piperidine rings is 1. The summed E-state index contributed by atoms with van der Waals surface area (Å²) in [7, 11) is 1.86. The van der Waals surface area contributed by atoms with Crippen LogP contribution in [-0.2, 0) is 20.9 Å². The minimum atomic E-state index is -0.804. The molecule has 86 heavy (non-hydrogen) atoms. The van der Waals surface area contributed by atoms with Gasteiger partial charge in [0.1, 0.15) is 23.6 Å². The van der Waals surface area contributed by atoms with Crippen LogP contribution < -0.4 is 30.5 Å². The molecule has 3 fully saturated rings. The number of nitrogens with one attached hydrogen (secondary N) is 4. The lowest BCUT2D eigenvalue weighted by Gasteiger charge is -2.38. The predicted molar refractivity (Wildman–Crippen MR) is 344 cm³/mol. The summed E-state index contributed by atoms with van der Waals surface area (Å²) >= 11 is 4.38. The molecule has 21 heteroatoms. The number of hydrogen-bond donors (Lipinski definition) is 4. The molecule has 4 amide bonds. The number of likely N-dealkylation sites (tertiary alicyclic amines) is 1. The van der Waals surface area contributed by atoms with Crippen LogP contribution in [0.15, 0.2) is 108 Å². The average molecular weight is 1210 g/mol. The van der Waals surface area contributed by atoms with Crippen molar-refractivity contribution in [2.45, 2.75) is 136 Å². The molecule has 0 radical (unpaired) electrons. The Hall–Kier alpha value is -7.75. The second-order valence-electron chi connectivity index (χ2n) is 24.2. The highest BCUT2D eigenvalue weighted by atomic mass is 32.2. The van der Waals surface area contributed by atoms with Crippen LogP contribution in [0.4, 0.5) is 28.3 Å². The smallest absolute Gasteiger partial charge is 0.280 e. The second-order valence-corrected chi connectivity index (χ2v) is 27.0. The van der Waals surface area contributed by atoms with Crippen LogP contribution in [0.25, 0.3) is 31.8 Å². The molecule has 0 bridgehead atoms. The fourth-order valence-electron chi connectivity index (χ4n) is 12.0. The first-order chi connectivity index (χ1) is 41.4. The molecule has 1 saturated carbocycles. The Labute approximate surface area is 515 Å². The third-order valence-electron chi connectivity index (χ3n) is 17.2. The Balaban J connectivity index is 0.711. The number of carbonyl (C=O) groups excluding carboxylic acids is 4. The van der Waals surface area contributed by atoms with Crippen LogP contribution in [0.3, 0.4) is 0 Å². The Morgan fingerprint density at radius 3 is 2.26 bits per heavy atom. The van der Waals surface area contributed by atoms with E-state index < -0.39 is 17.5 Å². The molecular weight excluding hydrogens is 1140 g/mol. The zero-order valence-corrected chi connectivity index (χ0v) is 52.7. The van der Waals surface area contributed by atoms with E-state index in [2.05, 4.69) is 64.5 Å². The van der Waals surface area contributed by atoms with Gasteiger partial charge in [0.2, 0.25) is 17.7 Å². The summed E-state index contributed by atoms with van der Waals surface area (Å²) in [5.74, 6) is 1.07. The topological polar surface area (TPSA) is 208 Å². The lowest BCUT2D eigenvalue weighted by atomic mass is 9.84. The number of thiazole rings is 2. The number of aromatic nitrogens is 7. The number of nitrogens with zero attached hydrogens (tertiary/aromatic N) is 10. The van der Waals surface area contributed by atoms with E-state index in [0.29, 0.717) is 74.3 Å². The van der Waals surface area contributed by atoms with Crippen molar-refractivity contribution in [3.05, 3.63) is 131 Å². The molecule has 448 valence electrons. The van der Waals surface area contributed by atoms with Crippen molar-refractivity contribution >= 4 is 96.7 Å². The van der Waals surface area contributed by atoms with Gasteiger partial charge in [-0.05, 0) is 161 Å². The first-order valence-electron chi connectivity index (χ1n) is 29.9. The van der Waals surface area contributed by atoms with Gasteiger partial charge in [0.15, 0.2) is 16.8 Å². The van der Waals surface area contributed by atoms with E-state index in [-0.39, 0.29) is 41.3 Å². The first-order valence-corrected chi connectivity index (χ1v) is 32.4. The minimum Gasteiger partial charge on any atom is -0.371 e. The van der Waals surface area contributed by atoms with Crippen LogP contribution in [0.5, 0.6) is 0 Å². The van der Waals surface area contributed by atoms with Gasteiger partial charge in [-0.3, -0.25) is 28.6 Å². The molecule has 3 aliphatic rings. The van der Waals surface area contributed by atoms with Gasteiger partial charge in [-0.1, -0.05) is 87.8 Å². The zero-order valence-electron chi connectivity index (χ0n) is 50.2. The van der Waals surface area contributed by atoms with Gasteiger partial charge in [-0.2, -0.15) is 5.10 Å². The molecular formula is C65H76N14O4S3. The van der Waals surface area contributed by atoms with E-state index in [1.807, 2.05) is 144 Å². The number of rotatable bonds is 18. The van der Waals surface area contributed by atoms with Gasteiger partial charge in [-0.25, -0.2) is 15.0 Å². The maximum atomic E-state index is 14.5. The molecule has 7 heterocycles. The third kappa shape index (κ3) is 13.4. The number of anilines is 5. The van der Waals surface area contributed by atoms with Gasteiger partial charge in [0.05, 0.1) is 38.5 Å². The minimum absolute atomic E-state index is 0.142. The summed E-state index contributed by atoms with van der Waals surface area (Å²) < 4.78 is 6.25. The molecule has 2 aliphatic heterocycles. The number of fused-ring (bicyclic) bond motifs is 1. The Kier molecular flexibility index (Phi) is 18.2. The lowest BCUT2D eigenvalue weighted by molar-refractivity contribution is -0.144. The zero-order chi connectivity index (χ0) is 60.2. The fraction of sp³-hybridized carbons (Fsp3) is 0.415. The van der Waals surface area contributed by atoms with Crippen molar-refractivity contribution in [1.29, 1.82) is 0 Å². The summed E-state index contributed by atoms with van der Waals surface area (Å²) in [5.41, 5.74) is 9.88. The Morgan fingerprint density at radius 2 is 1.55 bits per heavy atom. The van der Waals surface area contributed by atoms with E-state index in [9.17, 15) is 19.2 Å². The number of carbonyl (C=O) groups is 4. The first kappa shape index (κ1) is 60.0. The molecule has 3 unspecified atom stereocenters. The van der Waals surface area contributed by atoms with Crippen LogP contribution >= 0.6 is 34.6 Å². The number of amides is 4. The SMILES string of the molecule is Cc1cc(N(C)c2ccc(-c3cnn(CC4CCCCC4)c3C)c(C(=O)NSc3ccc(N4CCC(C(=O)NC(C(=O)N5CCCC5C(=O)NC(C)c5ccc(-c6scnc6C)cc5)C(C)(C)C)CC4)cc3)n2)nnc1Nc1nc2ccccc2s1. The number of benzene rings is 3. The molecule has 18 nitrogen and oxygen atoms in total. The number of pyridine rings is 1. The van der Waals surface area contributed by atoms with Crippen molar-refractivity contribution in [3.8, 4) is 21.6 Å². The molecule has 5 aromatic heterocycles. The number of hydrogen-bond acceptors (Lipinski definition) is 16. The Morgan fingerprint density at radius 1 is 0.791 bits per heavy atom. The monoisotopic (exact) mass is 1210 g/mol. The Bertz CT molecular complexity index is 3700. The highest BCUT2D eigenvalue weighted by molar-refractivity contribution is 7.98. The lowest BCUT2D eigenvalue weighted by Crippen LogP contribution is -2.58. The third-order valence-corrected chi connectivity index (χ3v) is 19.9. The highest BCUT2D eigenvalue weighted by Crippen LogP contribution is 2.36. The van der Waals surface area contributed by atoms with Gasteiger partial charge < -0.3 is 30.7 Å². The molecule has 11 rings (SSSR count). The van der Waals surface area contributed by atoms with E-state index >= 15 is 0 Å². The second kappa shape index (κ2) is 26.1. The quantitative estimate of drug-likeness (QED) is 0.0590. The van der Waals surface area contributed by atoms with Gasteiger partial charge in [-0.15, -0.1) is 21.5 Å². The summed E-state index contributed by atoms with van der Waals surface area (Å²) in [6.45, 7) is 16.5. The maximum Gasteiger partial charge on any atom is 0.280 e. The number of aryl methyl sites for hydroxylation is 2. The van der Waals surface area contributed by atoms with Crippen molar-refractivity contribution in [3.63, 3.8) is 0 Å². The molecule has 4 N–H and O–H groups in total. The molecule has 1 aliphatic carbocycles. The standard InChI is InChI=1S/C65H76N14O4S3/c1-39-35-55(73-74-59(39)72-64-69-51-17-12-13-19-53(51)85-64)76(8)54-29-28-49(50-36-67-79(42(50)4)37-43-15-10-9-11-16-43)56(70-54)62(82)75-86-48-26-24-47(25-27-48)77-33-30-46(31-34-77)60(80)71-58(65(5,6)7)63(83)78-32-14-18-52(78)61(81)68-40(2)44-20-22-45(23-21-44)57-41(3)66-38-84-57/h12-13,17,19-29,35-36,38,40,43,46,52,58H,9-11,14-16,18,30-34,37H2,1-8H3,(H,68,81)(H,71,80)(H,75,82)(H,69,72,74).